The lowest BCUT2D eigenvalue weighted by atomic mass is 9.78. The van der Waals surface area contributed by atoms with Gasteiger partial charge in [-0.1, -0.05) is 41.5 Å². The first-order valence-corrected chi connectivity index (χ1v) is 11.4. The van der Waals surface area contributed by atoms with Gasteiger partial charge in [-0.05, 0) is 70.9 Å². The maximum absolute atomic E-state index is 13.0. The van der Waals surface area contributed by atoms with Gasteiger partial charge in [0, 0.05) is 4.88 Å². The van der Waals surface area contributed by atoms with E-state index in [1.807, 2.05) is 12.1 Å². The Bertz CT molecular complexity index is 941. The molecule has 0 saturated carbocycles. The van der Waals surface area contributed by atoms with E-state index in [1.165, 1.54) is 16.9 Å². The number of nitrogens with one attached hydrogen (secondary N) is 2. The number of hydrogen-bond acceptors (Lipinski definition) is 4. The number of amides is 1. The lowest BCUT2D eigenvalue weighted by molar-refractivity contribution is 0.0935. The van der Waals surface area contributed by atoms with Crippen LogP contribution in [0.3, 0.4) is 0 Å². The van der Waals surface area contributed by atoms with Crippen LogP contribution in [0.2, 0.25) is 0 Å². The van der Waals surface area contributed by atoms with E-state index in [0.717, 1.165) is 46.5 Å². The third kappa shape index (κ3) is 3.54. The number of benzene rings is 1. The van der Waals surface area contributed by atoms with Crippen LogP contribution in [0.15, 0.2) is 12.1 Å². The molecular formula is C24H32N2O2S. The number of phenols is 1. The summed E-state index contributed by atoms with van der Waals surface area (Å²) in [5.74, 6) is 0.383. The maximum atomic E-state index is 13.0. The first-order chi connectivity index (χ1) is 13.5. The first kappa shape index (κ1) is 20.3. The summed E-state index contributed by atoms with van der Waals surface area (Å²) in [6.45, 7) is 12.6. The standard InChI is InChI=1S/C24H32N2O2S/c1-23(2,3)15-11-13(12-16(19(15)27)24(4,5)6)20-25-21(28)18-14-9-7-8-10-17(14)29-22(18)26-20/h11-12,20,26-27H,7-10H2,1-6H3,(H,25,28)/t20-/m1/s1. The van der Waals surface area contributed by atoms with E-state index in [9.17, 15) is 9.90 Å². The zero-order valence-electron chi connectivity index (χ0n) is 18.3. The molecule has 0 spiro atoms. The summed E-state index contributed by atoms with van der Waals surface area (Å²) in [5, 5.41) is 18.8. The number of fused-ring (bicyclic) bond motifs is 3. The Labute approximate surface area is 177 Å². The number of thiophene rings is 1. The second kappa shape index (κ2) is 6.76. The highest BCUT2D eigenvalue weighted by atomic mass is 32.1. The van der Waals surface area contributed by atoms with Gasteiger partial charge in [-0.25, -0.2) is 0 Å². The van der Waals surface area contributed by atoms with Crippen molar-refractivity contribution >= 4 is 22.2 Å². The summed E-state index contributed by atoms with van der Waals surface area (Å²) in [6.07, 6.45) is 4.16. The molecule has 2 heterocycles. The molecule has 0 saturated heterocycles. The number of carbonyl (C=O) groups is 1. The van der Waals surface area contributed by atoms with Gasteiger partial charge in [0.2, 0.25) is 0 Å². The Morgan fingerprint density at radius 1 is 0.966 bits per heavy atom. The second-order valence-corrected chi connectivity index (χ2v) is 11.5. The summed E-state index contributed by atoms with van der Waals surface area (Å²) in [6, 6.07) is 4.09. The number of hydrogen-bond donors (Lipinski definition) is 3. The summed E-state index contributed by atoms with van der Waals surface area (Å²) in [7, 11) is 0. The number of anilines is 1. The Balaban J connectivity index is 1.79. The summed E-state index contributed by atoms with van der Waals surface area (Å²) in [5.41, 5.74) is 4.50. The van der Waals surface area contributed by atoms with Crippen LogP contribution in [0.4, 0.5) is 5.00 Å². The van der Waals surface area contributed by atoms with E-state index in [0.29, 0.717) is 5.75 Å². The molecule has 0 radical (unpaired) electrons. The highest BCUT2D eigenvalue weighted by molar-refractivity contribution is 7.16. The van der Waals surface area contributed by atoms with Crippen LogP contribution < -0.4 is 10.6 Å². The van der Waals surface area contributed by atoms with Crippen molar-refractivity contribution in [1.82, 2.24) is 5.32 Å². The third-order valence-electron chi connectivity index (χ3n) is 6.03. The van der Waals surface area contributed by atoms with Crippen LogP contribution in [-0.4, -0.2) is 11.0 Å². The van der Waals surface area contributed by atoms with Crippen LogP contribution >= 0.6 is 11.3 Å². The fraction of sp³-hybridized carbons (Fsp3) is 0.542. The Morgan fingerprint density at radius 2 is 1.55 bits per heavy atom. The monoisotopic (exact) mass is 412 g/mol. The average Bonchev–Trinajstić information content (AvgIpc) is 2.98. The molecule has 4 rings (SSSR count). The number of carbonyl (C=O) groups excluding carboxylic acids is 1. The predicted molar refractivity (Wildman–Crippen MR) is 120 cm³/mol. The van der Waals surface area contributed by atoms with Gasteiger partial charge in [-0.3, -0.25) is 4.79 Å². The Hall–Kier alpha value is -2.01. The molecule has 1 aliphatic heterocycles. The Morgan fingerprint density at radius 3 is 2.14 bits per heavy atom. The van der Waals surface area contributed by atoms with E-state index in [1.54, 1.807) is 11.3 Å². The minimum absolute atomic E-state index is 0.0193. The van der Waals surface area contributed by atoms with Crippen molar-refractivity contribution in [2.75, 3.05) is 5.32 Å². The SMILES string of the molecule is CC(C)(C)c1cc([C@@H]2NC(=O)c3c(sc4c3CCCC4)N2)cc(C(C)(C)C)c1O. The summed E-state index contributed by atoms with van der Waals surface area (Å²) < 4.78 is 0. The smallest absolute Gasteiger partial charge is 0.256 e. The molecule has 0 bridgehead atoms. The molecule has 0 fully saturated rings. The van der Waals surface area contributed by atoms with Crippen LogP contribution in [0.5, 0.6) is 5.75 Å². The van der Waals surface area contributed by atoms with Crippen molar-refractivity contribution in [3.8, 4) is 5.75 Å². The molecule has 1 aliphatic carbocycles. The van der Waals surface area contributed by atoms with Gasteiger partial charge in [0.25, 0.3) is 5.91 Å². The fourth-order valence-corrected chi connectivity index (χ4v) is 5.73. The van der Waals surface area contributed by atoms with Crippen molar-refractivity contribution in [2.24, 2.45) is 0 Å². The molecule has 1 aromatic carbocycles. The highest BCUT2D eigenvalue weighted by Crippen LogP contribution is 2.44. The quantitative estimate of drug-likeness (QED) is 0.556. The molecule has 29 heavy (non-hydrogen) atoms. The van der Waals surface area contributed by atoms with Crippen molar-refractivity contribution in [3.63, 3.8) is 0 Å². The molecule has 4 nitrogen and oxygen atoms in total. The van der Waals surface area contributed by atoms with Crippen molar-refractivity contribution in [1.29, 1.82) is 0 Å². The normalized spacial score (nSPS) is 19.2. The van der Waals surface area contributed by atoms with Crippen molar-refractivity contribution < 1.29 is 9.90 Å². The predicted octanol–water partition coefficient (Wildman–Crippen LogP) is 5.78. The first-order valence-electron chi connectivity index (χ1n) is 10.6. The van der Waals surface area contributed by atoms with Crippen LogP contribution in [0.25, 0.3) is 0 Å². The van der Waals surface area contributed by atoms with E-state index < -0.39 is 0 Å². The lowest BCUT2D eigenvalue weighted by Gasteiger charge is -2.32. The number of aromatic hydroxyl groups is 1. The molecule has 1 amide bonds. The lowest BCUT2D eigenvalue weighted by Crippen LogP contribution is -2.38. The number of rotatable bonds is 1. The van der Waals surface area contributed by atoms with Crippen LogP contribution in [0, 0.1) is 0 Å². The number of phenolic OH excluding ortho intramolecular Hbond substituents is 1. The molecule has 3 N–H and O–H groups in total. The summed E-state index contributed by atoms with van der Waals surface area (Å²) >= 11 is 1.74. The zero-order valence-corrected chi connectivity index (χ0v) is 19.1. The highest BCUT2D eigenvalue weighted by Gasteiger charge is 2.34. The number of aryl methyl sites for hydroxylation is 1. The third-order valence-corrected chi connectivity index (χ3v) is 7.25. The minimum atomic E-state index is -0.294. The van der Waals surface area contributed by atoms with Crippen LogP contribution in [-0.2, 0) is 23.7 Å². The molecule has 1 aromatic heterocycles. The topological polar surface area (TPSA) is 61.4 Å². The van der Waals surface area contributed by atoms with Crippen molar-refractivity contribution in [3.05, 3.63) is 44.8 Å². The van der Waals surface area contributed by atoms with Gasteiger partial charge in [-0.15, -0.1) is 11.3 Å². The van der Waals surface area contributed by atoms with E-state index in [2.05, 4.69) is 52.2 Å². The van der Waals surface area contributed by atoms with Gasteiger partial charge in [0.1, 0.15) is 16.9 Å². The van der Waals surface area contributed by atoms with Gasteiger partial charge in [0.15, 0.2) is 0 Å². The summed E-state index contributed by atoms with van der Waals surface area (Å²) in [4.78, 5) is 14.4. The molecular weight excluding hydrogens is 380 g/mol. The van der Waals surface area contributed by atoms with E-state index in [4.69, 9.17) is 0 Å². The van der Waals surface area contributed by atoms with Gasteiger partial charge < -0.3 is 15.7 Å². The van der Waals surface area contributed by atoms with Crippen LogP contribution in [0.1, 0.15) is 98.0 Å². The molecule has 0 unspecified atom stereocenters. The van der Waals surface area contributed by atoms with E-state index >= 15 is 0 Å². The molecule has 156 valence electrons. The average molecular weight is 413 g/mol. The minimum Gasteiger partial charge on any atom is -0.507 e. The Kier molecular flexibility index (Phi) is 4.73. The maximum Gasteiger partial charge on any atom is 0.256 e. The fourth-order valence-electron chi connectivity index (χ4n) is 4.41. The zero-order chi connectivity index (χ0) is 21.1. The van der Waals surface area contributed by atoms with Crippen molar-refractivity contribution in [2.45, 2.75) is 84.2 Å². The van der Waals surface area contributed by atoms with Gasteiger partial charge >= 0.3 is 0 Å². The molecule has 5 heteroatoms. The molecule has 2 aromatic rings. The molecule has 1 atom stereocenters. The largest absolute Gasteiger partial charge is 0.507 e. The van der Waals surface area contributed by atoms with Gasteiger partial charge in [-0.2, -0.15) is 0 Å². The van der Waals surface area contributed by atoms with E-state index in [-0.39, 0.29) is 22.9 Å². The molecule has 2 aliphatic rings. The second-order valence-electron chi connectivity index (χ2n) is 10.4. The van der Waals surface area contributed by atoms with Gasteiger partial charge in [0.05, 0.1) is 5.56 Å².